The summed E-state index contributed by atoms with van der Waals surface area (Å²) in [6.45, 7) is 8.60. The normalized spacial score (nSPS) is 30.7. The molecule has 0 aliphatic carbocycles. The van der Waals surface area contributed by atoms with Crippen molar-refractivity contribution in [3.8, 4) is 6.07 Å². The van der Waals surface area contributed by atoms with Gasteiger partial charge in [-0.3, -0.25) is 14.5 Å². The van der Waals surface area contributed by atoms with Crippen LogP contribution < -0.4 is 10.6 Å². The molecule has 3 saturated heterocycles. The molecule has 154 valence electrons. The van der Waals surface area contributed by atoms with Crippen molar-refractivity contribution in [2.45, 2.75) is 70.3 Å². The van der Waals surface area contributed by atoms with Crippen molar-refractivity contribution in [2.24, 2.45) is 5.92 Å². The number of carbonyl (C=O) groups is 3. The number of ether oxygens (including phenoxy) is 1. The Morgan fingerprint density at radius 3 is 2.64 bits per heavy atom. The summed E-state index contributed by atoms with van der Waals surface area (Å²) in [5, 5.41) is 15.0. The van der Waals surface area contributed by atoms with Crippen LogP contribution in [0, 0.1) is 17.2 Å². The van der Waals surface area contributed by atoms with Crippen molar-refractivity contribution in [1.82, 2.24) is 20.4 Å². The highest BCUT2D eigenvalue weighted by Crippen LogP contribution is 2.26. The van der Waals surface area contributed by atoms with Crippen LogP contribution in [0.3, 0.4) is 0 Å². The second-order valence-electron chi connectivity index (χ2n) is 9.09. The molecule has 5 atom stereocenters. The molecular formula is C19H29N5O4. The van der Waals surface area contributed by atoms with Crippen LogP contribution in [-0.4, -0.2) is 77.1 Å². The molecule has 2 N–H and O–H groups in total. The molecule has 3 aliphatic heterocycles. The van der Waals surface area contributed by atoms with Crippen LogP contribution in [-0.2, 0) is 14.3 Å². The summed E-state index contributed by atoms with van der Waals surface area (Å²) in [4.78, 5) is 41.0. The molecule has 0 aromatic carbocycles. The van der Waals surface area contributed by atoms with Gasteiger partial charge in [0.05, 0.1) is 12.1 Å². The van der Waals surface area contributed by atoms with Gasteiger partial charge < -0.3 is 20.3 Å². The van der Waals surface area contributed by atoms with E-state index < -0.39 is 23.8 Å². The standard InChI is InChI=1S/C19H29N5O4/c1-11-5-13(7-20)24(8-11)17(26)14(22-18(27)28-19(2,3)4)10-23-9-12-6-15(23)16(25)21-12/h11-15H,5-6,8-10H2,1-4H3,(H,21,25)(H,22,27)/t11?,12-,13?,14?,15?/m0/s1. The van der Waals surface area contributed by atoms with Crippen LogP contribution >= 0.6 is 0 Å². The Hall–Kier alpha value is -2.34. The number of amides is 3. The van der Waals surface area contributed by atoms with Gasteiger partial charge in [-0.25, -0.2) is 4.79 Å². The predicted octanol–water partition coefficient (Wildman–Crippen LogP) is 0.213. The predicted molar refractivity (Wildman–Crippen MR) is 100.0 cm³/mol. The lowest BCUT2D eigenvalue weighted by molar-refractivity contribution is -0.135. The molecule has 0 spiro atoms. The Labute approximate surface area is 165 Å². The van der Waals surface area contributed by atoms with Crippen molar-refractivity contribution < 1.29 is 19.1 Å². The summed E-state index contributed by atoms with van der Waals surface area (Å²) in [6.07, 6.45) is 0.659. The molecule has 9 heteroatoms. The van der Waals surface area contributed by atoms with Crippen LogP contribution in [0.1, 0.15) is 40.5 Å². The van der Waals surface area contributed by atoms with E-state index in [1.165, 1.54) is 0 Å². The number of alkyl carbamates (subject to hydrolysis) is 1. The molecule has 3 aliphatic rings. The first kappa shape index (κ1) is 20.4. The largest absolute Gasteiger partial charge is 0.444 e. The van der Waals surface area contributed by atoms with E-state index in [4.69, 9.17) is 4.74 Å². The van der Waals surface area contributed by atoms with E-state index in [-0.39, 0.29) is 36.4 Å². The number of nitrogens with one attached hydrogen (secondary N) is 2. The van der Waals surface area contributed by atoms with Crippen molar-refractivity contribution in [3.05, 3.63) is 0 Å². The quantitative estimate of drug-likeness (QED) is 0.708. The van der Waals surface area contributed by atoms with Gasteiger partial charge in [0.1, 0.15) is 17.7 Å². The molecule has 4 unspecified atom stereocenters. The third-order valence-electron chi connectivity index (χ3n) is 5.40. The maximum atomic E-state index is 13.2. The van der Waals surface area contributed by atoms with Gasteiger partial charge in [-0.15, -0.1) is 0 Å². The van der Waals surface area contributed by atoms with Gasteiger partial charge >= 0.3 is 6.09 Å². The summed E-state index contributed by atoms with van der Waals surface area (Å²) in [6, 6.07) is 0.632. The topological polar surface area (TPSA) is 115 Å². The van der Waals surface area contributed by atoms with Gasteiger partial charge in [0.2, 0.25) is 11.8 Å². The minimum Gasteiger partial charge on any atom is -0.444 e. The molecule has 3 rings (SSSR count). The fourth-order valence-corrected chi connectivity index (χ4v) is 4.26. The van der Waals surface area contributed by atoms with Crippen molar-refractivity contribution in [3.63, 3.8) is 0 Å². The number of rotatable bonds is 4. The molecule has 2 bridgehead atoms. The average molecular weight is 391 g/mol. The molecule has 28 heavy (non-hydrogen) atoms. The zero-order chi connectivity index (χ0) is 20.6. The number of nitrogens with zero attached hydrogens (tertiary/aromatic N) is 3. The van der Waals surface area contributed by atoms with Crippen LogP contribution in [0.15, 0.2) is 0 Å². The molecular weight excluding hydrogens is 362 g/mol. The number of nitriles is 1. The first-order valence-corrected chi connectivity index (χ1v) is 9.81. The molecule has 9 nitrogen and oxygen atoms in total. The average Bonchev–Trinajstić information content (AvgIpc) is 3.24. The monoisotopic (exact) mass is 391 g/mol. The smallest absolute Gasteiger partial charge is 0.408 e. The SMILES string of the molecule is CC1CC(C#N)N(C(=O)C(CN2C[C@@H]3CC2C(=O)N3)NC(=O)OC(C)(C)C)C1. The fraction of sp³-hybridized carbons (Fsp3) is 0.789. The summed E-state index contributed by atoms with van der Waals surface area (Å²) >= 11 is 0. The number of hydrogen-bond donors (Lipinski definition) is 2. The molecule has 3 amide bonds. The van der Waals surface area contributed by atoms with Crippen molar-refractivity contribution in [1.29, 1.82) is 5.26 Å². The zero-order valence-corrected chi connectivity index (χ0v) is 16.9. The Kier molecular flexibility index (Phi) is 5.53. The highest BCUT2D eigenvalue weighted by Gasteiger charge is 2.46. The molecule has 0 radical (unpaired) electrons. The second-order valence-corrected chi connectivity index (χ2v) is 9.09. The van der Waals surface area contributed by atoms with Gasteiger partial charge in [-0.05, 0) is 39.5 Å². The summed E-state index contributed by atoms with van der Waals surface area (Å²) in [7, 11) is 0. The van der Waals surface area contributed by atoms with Crippen LogP contribution in [0.25, 0.3) is 0 Å². The van der Waals surface area contributed by atoms with Gasteiger partial charge in [-0.1, -0.05) is 6.92 Å². The van der Waals surface area contributed by atoms with Gasteiger partial charge in [0, 0.05) is 25.7 Å². The Morgan fingerprint density at radius 1 is 1.36 bits per heavy atom. The van der Waals surface area contributed by atoms with Crippen molar-refractivity contribution in [2.75, 3.05) is 19.6 Å². The maximum absolute atomic E-state index is 13.2. The number of likely N-dealkylation sites (tertiary alicyclic amines) is 2. The highest BCUT2D eigenvalue weighted by atomic mass is 16.6. The highest BCUT2D eigenvalue weighted by molar-refractivity contribution is 5.88. The van der Waals surface area contributed by atoms with Crippen molar-refractivity contribution >= 4 is 17.9 Å². The number of carbonyl (C=O) groups excluding carboxylic acids is 3. The van der Waals surface area contributed by atoms with E-state index in [0.717, 1.165) is 0 Å². The molecule has 0 aromatic heterocycles. The summed E-state index contributed by atoms with van der Waals surface area (Å²) in [5.74, 6) is -0.112. The minimum absolute atomic E-state index is 0.0376. The Balaban J connectivity index is 1.74. The lowest BCUT2D eigenvalue weighted by atomic mass is 10.1. The van der Waals surface area contributed by atoms with E-state index in [1.54, 1.807) is 25.7 Å². The summed E-state index contributed by atoms with van der Waals surface area (Å²) in [5.41, 5.74) is -0.693. The van der Waals surface area contributed by atoms with Crippen LogP contribution in [0.4, 0.5) is 4.79 Å². The van der Waals surface area contributed by atoms with E-state index in [2.05, 4.69) is 16.7 Å². The number of piperazine rings is 1. The first-order valence-electron chi connectivity index (χ1n) is 9.81. The molecule has 3 heterocycles. The van der Waals surface area contributed by atoms with Crippen LogP contribution in [0.2, 0.25) is 0 Å². The van der Waals surface area contributed by atoms with E-state index >= 15 is 0 Å². The second kappa shape index (κ2) is 7.59. The number of hydrogen-bond acceptors (Lipinski definition) is 6. The summed E-state index contributed by atoms with van der Waals surface area (Å²) < 4.78 is 5.32. The van der Waals surface area contributed by atoms with E-state index in [0.29, 0.717) is 25.9 Å². The fourth-order valence-electron chi connectivity index (χ4n) is 4.26. The van der Waals surface area contributed by atoms with E-state index in [9.17, 15) is 19.6 Å². The lowest BCUT2D eigenvalue weighted by Gasteiger charge is -2.33. The molecule has 0 saturated carbocycles. The van der Waals surface area contributed by atoms with Crippen LogP contribution in [0.5, 0.6) is 0 Å². The maximum Gasteiger partial charge on any atom is 0.408 e. The van der Waals surface area contributed by atoms with Gasteiger partial charge in [-0.2, -0.15) is 5.26 Å². The minimum atomic E-state index is -0.872. The van der Waals surface area contributed by atoms with Gasteiger partial charge in [0.15, 0.2) is 0 Å². The third kappa shape index (κ3) is 4.38. The van der Waals surface area contributed by atoms with Gasteiger partial charge in [0.25, 0.3) is 0 Å². The molecule has 0 aromatic rings. The Morgan fingerprint density at radius 2 is 2.07 bits per heavy atom. The van der Waals surface area contributed by atoms with E-state index in [1.807, 2.05) is 11.8 Å². The third-order valence-corrected chi connectivity index (χ3v) is 5.40. The lowest BCUT2D eigenvalue weighted by Crippen LogP contribution is -2.58. The zero-order valence-electron chi connectivity index (χ0n) is 16.9. The first-order chi connectivity index (χ1) is 13.1. The Bertz CT molecular complexity index is 697. The molecule has 3 fully saturated rings. The number of fused-ring (bicyclic) bond motifs is 2.